The van der Waals surface area contributed by atoms with Crippen molar-refractivity contribution in [1.29, 1.82) is 0 Å². The summed E-state index contributed by atoms with van der Waals surface area (Å²) < 4.78 is 0. The number of amides is 1. The monoisotopic (exact) mass is 324 g/mol. The van der Waals surface area contributed by atoms with Crippen LogP contribution in [0.5, 0.6) is 0 Å². The molecule has 0 aliphatic carbocycles. The van der Waals surface area contributed by atoms with Crippen LogP contribution in [-0.4, -0.2) is 37.5 Å². The quantitative estimate of drug-likeness (QED) is 0.900. The van der Waals surface area contributed by atoms with Gasteiger partial charge in [0.05, 0.1) is 5.92 Å². The molecule has 1 N–H and O–H groups in total. The molecule has 1 aromatic carbocycles. The van der Waals surface area contributed by atoms with E-state index in [0.29, 0.717) is 0 Å². The molecule has 1 fully saturated rings. The molecule has 0 aromatic heterocycles. The molecule has 22 heavy (non-hydrogen) atoms. The average Bonchev–Trinajstić information content (AvgIpc) is 2.52. The van der Waals surface area contributed by atoms with Crippen LogP contribution in [0.15, 0.2) is 24.3 Å². The molecule has 1 aromatic rings. The van der Waals surface area contributed by atoms with Crippen LogP contribution in [-0.2, 0) is 4.79 Å². The van der Waals surface area contributed by atoms with Gasteiger partial charge in [0.1, 0.15) is 0 Å². The molecule has 1 aliphatic rings. The molecule has 1 saturated heterocycles. The van der Waals surface area contributed by atoms with Gasteiger partial charge in [0.2, 0.25) is 5.91 Å². The minimum absolute atomic E-state index is 0. The lowest BCUT2D eigenvalue weighted by Crippen LogP contribution is -2.41. The summed E-state index contributed by atoms with van der Waals surface area (Å²) in [5.74, 6) is 1.03. The maximum atomic E-state index is 12.6. The second kappa shape index (κ2) is 9.16. The van der Waals surface area contributed by atoms with E-state index in [2.05, 4.69) is 35.3 Å². The maximum Gasteiger partial charge on any atom is 0.229 e. The normalized spacial score (nSPS) is 17.0. The van der Waals surface area contributed by atoms with Crippen molar-refractivity contribution in [2.45, 2.75) is 39.0 Å². The van der Waals surface area contributed by atoms with Gasteiger partial charge in [-0.3, -0.25) is 4.79 Å². The third-order valence-electron chi connectivity index (χ3n) is 4.64. The lowest BCUT2D eigenvalue weighted by Gasteiger charge is -2.33. The van der Waals surface area contributed by atoms with Gasteiger partial charge in [-0.05, 0) is 58.2 Å². The molecular weight excluding hydrogens is 296 g/mol. The molecule has 1 atom stereocenters. The number of rotatable bonds is 5. The van der Waals surface area contributed by atoms with Crippen molar-refractivity contribution >= 4 is 18.3 Å². The Morgan fingerprint density at radius 2 is 2.05 bits per heavy atom. The molecule has 1 amide bonds. The van der Waals surface area contributed by atoms with E-state index >= 15 is 0 Å². The molecule has 0 spiro atoms. The number of likely N-dealkylation sites (tertiary alicyclic amines) is 1. The molecule has 124 valence electrons. The zero-order valence-corrected chi connectivity index (χ0v) is 14.8. The summed E-state index contributed by atoms with van der Waals surface area (Å²) in [6.45, 7) is 7.03. The summed E-state index contributed by atoms with van der Waals surface area (Å²) in [7, 11) is 2.00. The highest BCUT2D eigenvalue weighted by Gasteiger charge is 2.26. The minimum atomic E-state index is -0.0289. The number of nitrogens with zero attached hydrogens (tertiary/aromatic N) is 1. The standard InChI is InChI=1S/C18H28N2O.ClH/c1-14-5-4-6-17(13-14)15(2)18(21)20-11-8-16(9-12-20)7-10-19-3;/h4-6,13,15-16,19H,7-12H2,1-3H3;1H. The van der Waals surface area contributed by atoms with Crippen LogP contribution in [0, 0.1) is 12.8 Å². The third kappa shape index (κ3) is 4.99. The highest BCUT2D eigenvalue weighted by molar-refractivity contribution is 5.85. The van der Waals surface area contributed by atoms with E-state index in [1.54, 1.807) is 0 Å². The number of halogens is 1. The van der Waals surface area contributed by atoms with E-state index in [9.17, 15) is 4.79 Å². The first-order valence-corrected chi connectivity index (χ1v) is 8.11. The molecule has 1 heterocycles. The van der Waals surface area contributed by atoms with Gasteiger partial charge in [0, 0.05) is 13.1 Å². The van der Waals surface area contributed by atoms with E-state index in [-0.39, 0.29) is 24.2 Å². The number of carbonyl (C=O) groups is 1. The summed E-state index contributed by atoms with van der Waals surface area (Å²) in [6.07, 6.45) is 3.52. The Kier molecular flexibility index (Phi) is 7.91. The lowest BCUT2D eigenvalue weighted by atomic mass is 9.91. The van der Waals surface area contributed by atoms with Crippen LogP contribution in [0.1, 0.15) is 43.2 Å². The number of aryl methyl sites for hydroxylation is 1. The van der Waals surface area contributed by atoms with E-state index in [0.717, 1.165) is 44.0 Å². The van der Waals surface area contributed by atoms with Crippen molar-refractivity contribution in [3.8, 4) is 0 Å². The maximum absolute atomic E-state index is 12.6. The molecule has 2 rings (SSSR count). The third-order valence-corrected chi connectivity index (χ3v) is 4.64. The van der Waals surface area contributed by atoms with Gasteiger partial charge in [-0.25, -0.2) is 0 Å². The van der Waals surface area contributed by atoms with Gasteiger partial charge in [-0.15, -0.1) is 12.4 Å². The van der Waals surface area contributed by atoms with Gasteiger partial charge in [0.25, 0.3) is 0 Å². The second-order valence-corrected chi connectivity index (χ2v) is 6.30. The van der Waals surface area contributed by atoms with Crippen LogP contribution in [0.2, 0.25) is 0 Å². The molecular formula is C18H29ClN2O. The summed E-state index contributed by atoms with van der Waals surface area (Å²) in [5, 5.41) is 3.21. The Morgan fingerprint density at radius 1 is 1.36 bits per heavy atom. The predicted octanol–water partition coefficient (Wildman–Crippen LogP) is 3.37. The van der Waals surface area contributed by atoms with Gasteiger partial charge in [0.15, 0.2) is 0 Å². The first-order chi connectivity index (χ1) is 10.1. The van der Waals surface area contributed by atoms with Crippen molar-refractivity contribution in [3.05, 3.63) is 35.4 Å². The highest BCUT2D eigenvalue weighted by Crippen LogP contribution is 2.24. The second-order valence-electron chi connectivity index (χ2n) is 6.30. The molecule has 0 bridgehead atoms. The topological polar surface area (TPSA) is 32.3 Å². The van der Waals surface area contributed by atoms with E-state index in [1.165, 1.54) is 12.0 Å². The summed E-state index contributed by atoms with van der Waals surface area (Å²) in [5.41, 5.74) is 2.36. The Labute approximate surface area is 140 Å². The Hall–Kier alpha value is -1.06. The zero-order valence-electron chi connectivity index (χ0n) is 14.0. The van der Waals surface area contributed by atoms with Crippen molar-refractivity contribution in [3.63, 3.8) is 0 Å². The zero-order chi connectivity index (χ0) is 15.2. The molecule has 3 nitrogen and oxygen atoms in total. The lowest BCUT2D eigenvalue weighted by molar-refractivity contribution is -0.133. The van der Waals surface area contributed by atoms with Gasteiger partial charge in [-0.2, -0.15) is 0 Å². The molecule has 1 aliphatic heterocycles. The highest BCUT2D eigenvalue weighted by atomic mass is 35.5. The smallest absolute Gasteiger partial charge is 0.229 e. The minimum Gasteiger partial charge on any atom is -0.342 e. The van der Waals surface area contributed by atoms with Gasteiger partial charge in [-0.1, -0.05) is 29.8 Å². The Bertz CT molecular complexity index is 470. The Balaban J connectivity index is 0.00000242. The fraction of sp³-hybridized carbons (Fsp3) is 0.611. The number of benzene rings is 1. The van der Waals surface area contributed by atoms with Gasteiger partial charge >= 0.3 is 0 Å². The van der Waals surface area contributed by atoms with Crippen molar-refractivity contribution in [1.82, 2.24) is 10.2 Å². The van der Waals surface area contributed by atoms with E-state index < -0.39 is 0 Å². The molecule has 1 unspecified atom stereocenters. The van der Waals surface area contributed by atoms with Gasteiger partial charge < -0.3 is 10.2 Å². The number of carbonyl (C=O) groups excluding carboxylic acids is 1. The Morgan fingerprint density at radius 3 is 2.64 bits per heavy atom. The first-order valence-electron chi connectivity index (χ1n) is 8.11. The van der Waals surface area contributed by atoms with E-state index in [1.807, 2.05) is 20.0 Å². The number of hydrogen-bond acceptors (Lipinski definition) is 2. The molecule has 0 saturated carbocycles. The fourth-order valence-corrected chi connectivity index (χ4v) is 3.15. The van der Waals surface area contributed by atoms with Crippen LogP contribution >= 0.6 is 12.4 Å². The SMILES string of the molecule is CNCCC1CCN(C(=O)C(C)c2cccc(C)c2)CC1.Cl. The van der Waals surface area contributed by atoms with Crippen LogP contribution in [0.3, 0.4) is 0 Å². The number of piperidine rings is 1. The number of hydrogen-bond donors (Lipinski definition) is 1. The fourth-order valence-electron chi connectivity index (χ4n) is 3.15. The van der Waals surface area contributed by atoms with Crippen molar-refractivity contribution < 1.29 is 4.79 Å². The predicted molar refractivity (Wildman–Crippen MR) is 94.7 cm³/mol. The number of nitrogens with one attached hydrogen (secondary N) is 1. The van der Waals surface area contributed by atoms with Crippen LogP contribution in [0.25, 0.3) is 0 Å². The first kappa shape index (κ1) is 19.0. The average molecular weight is 325 g/mol. The largest absolute Gasteiger partial charge is 0.342 e. The summed E-state index contributed by atoms with van der Waals surface area (Å²) in [6, 6.07) is 8.31. The molecule has 0 radical (unpaired) electrons. The summed E-state index contributed by atoms with van der Waals surface area (Å²) in [4.78, 5) is 14.7. The van der Waals surface area contributed by atoms with Crippen molar-refractivity contribution in [2.24, 2.45) is 5.92 Å². The van der Waals surface area contributed by atoms with Crippen LogP contribution in [0.4, 0.5) is 0 Å². The molecule has 4 heteroatoms. The van der Waals surface area contributed by atoms with Crippen LogP contribution < -0.4 is 5.32 Å². The summed E-state index contributed by atoms with van der Waals surface area (Å²) >= 11 is 0. The van der Waals surface area contributed by atoms with E-state index in [4.69, 9.17) is 0 Å². The van der Waals surface area contributed by atoms with Crippen molar-refractivity contribution in [2.75, 3.05) is 26.7 Å².